The first-order valence-corrected chi connectivity index (χ1v) is 6.87. The summed E-state index contributed by atoms with van der Waals surface area (Å²) < 4.78 is 1.22. The van der Waals surface area contributed by atoms with Crippen LogP contribution < -0.4 is 5.32 Å². The quantitative estimate of drug-likeness (QED) is 0.871. The Kier molecular flexibility index (Phi) is 3.63. The van der Waals surface area contributed by atoms with Gasteiger partial charge < -0.3 is 5.32 Å². The van der Waals surface area contributed by atoms with Crippen molar-refractivity contribution < 1.29 is 0 Å². The monoisotopic (exact) mass is 273 g/mol. The highest BCUT2D eigenvalue weighted by Gasteiger charge is 2.18. The van der Waals surface area contributed by atoms with Crippen LogP contribution in [0.3, 0.4) is 0 Å². The predicted molar refractivity (Wildman–Crippen MR) is 65.9 cm³/mol. The number of rotatable bonds is 2. The zero-order valence-electron chi connectivity index (χ0n) is 8.42. The first-order valence-electron chi connectivity index (χ1n) is 5.20. The van der Waals surface area contributed by atoms with E-state index < -0.39 is 0 Å². The second kappa shape index (κ2) is 4.77. The molecule has 1 fully saturated rings. The summed E-state index contributed by atoms with van der Waals surface area (Å²) in [6.07, 6.45) is 3.86. The highest BCUT2D eigenvalue weighted by atomic mass is 79.9. The van der Waals surface area contributed by atoms with Gasteiger partial charge in [-0.3, -0.25) is 0 Å². The number of hydrogen-bond acceptors (Lipinski definition) is 2. The van der Waals surface area contributed by atoms with E-state index in [9.17, 15) is 0 Å². The summed E-state index contributed by atoms with van der Waals surface area (Å²) >= 11 is 5.36. The zero-order valence-corrected chi connectivity index (χ0v) is 10.8. The van der Waals surface area contributed by atoms with Crippen LogP contribution in [0.15, 0.2) is 15.9 Å². The minimum absolute atomic E-state index is 0.698. The van der Waals surface area contributed by atoms with Crippen molar-refractivity contribution in [2.45, 2.75) is 32.2 Å². The second-order valence-electron chi connectivity index (χ2n) is 4.22. The van der Waals surface area contributed by atoms with E-state index >= 15 is 0 Å². The van der Waals surface area contributed by atoms with Crippen LogP contribution in [-0.4, -0.2) is 12.6 Å². The molecule has 2 atom stereocenters. The van der Waals surface area contributed by atoms with E-state index in [1.54, 1.807) is 0 Å². The molecule has 1 aromatic heterocycles. The molecule has 0 spiro atoms. The molecule has 0 amide bonds. The van der Waals surface area contributed by atoms with Crippen LogP contribution in [0.25, 0.3) is 0 Å². The molecule has 1 aliphatic rings. The van der Waals surface area contributed by atoms with Gasteiger partial charge in [0.05, 0.1) is 0 Å². The lowest BCUT2D eigenvalue weighted by molar-refractivity contribution is 0.319. The Morgan fingerprint density at radius 1 is 1.64 bits per heavy atom. The van der Waals surface area contributed by atoms with Gasteiger partial charge in [-0.2, -0.15) is 0 Å². The van der Waals surface area contributed by atoms with Gasteiger partial charge in [0.2, 0.25) is 0 Å². The van der Waals surface area contributed by atoms with Gasteiger partial charge in [0.25, 0.3) is 0 Å². The molecule has 14 heavy (non-hydrogen) atoms. The molecule has 0 bridgehead atoms. The van der Waals surface area contributed by atoms with E-state index in [-0.39, 0.29) is 0 Å². The van der Waals surface area contributed by atoms with Gasteiger partial charge in [0.15, 0.2) is 0 Å². The third-order valence-corrected chi connectivity index (χ3v) is 4.55. The lowest BCUT2D eigenvalue weighted by Crippen LogP contribution is -2.38. The molecule has 1 saturated heterocycles. The molecular weight excluding hydrogens is 258 g/mol. The Morgan fingerprint density at radius 3 is 3.14 bits per heavy atom. The minimum atomic E-state index is 0.698. The van der Waals surface area contributed by atoms with Crippen molar-refractivity contribution in [1.29, 1.82) is 0 Å². The Morgan fingerprint density at radius 2 is 2.50 bits per heavy atom. The predicted octanol–water partition coefficient (Wildman–Crippen LogP) is 3.44. The molecule has 1 aromatic rings. The number of hydrogen-bond donors (Lipinski definition) is 1. The largest absolute Gasteiger partial charge is 0.314 e. The molecule has 3 heteroatoms. The summed E-state index contributed by atoms with van der Waals surface area (Å²) in [6, 6.07) is 2.94. The van der Waals surface area contributed by atoms with Gasteiger partial charge in [-0.05, 0) is 53.7 Å². The molecule has 0 aromatic carbocycles. The maximum atomic E-state index is 3.60. The van der Waals surface area contributed by atoms with Crippen LogP contribution in [0, 0.1) is 5.92 Å². The van der Waals surface area contributed by atoms with Crippen LogP contribution in [0.5, 0.6) is 0 Å². The Bertz CT molecular complexity index is 297. The third-order valence-electron chi connectivity index (χ3n) is 2.83. The second-order valence-corrected chi connectivity index (χ2v) is 6.13. The molecule has 0 saturated carbocycles. The van der Waals surface area contributed by atoms with Gasteiger partial charge >= 0.3 is 0 Å². The molecule has 0 aliphatic carbocycles. The van der Waals surface area contributed by atoms with Crippen LogP contribution in [0.2, 0.25) is 0 Å². The fourth-order valence-electron chi connectivity index (χ4n) is 2.08. The van der Waals surface area contributed by atoms with Crippen molar-refractivity contribution in [3.05, 3.63) is 20.8 Å². The number of thiophene rings is 1. The molecule has 2 unspecified atom stereocenters. The van der Waals surface area contributed by atoms with Crippen LogP contribution >= 0.6 is 27.3 Å². The fraction of sp³-hybridized carbons (Fsp3) is 0.636. The van der Waals surface area contributed by atoms with Crippen LogP contribution in [0.4, 0.5) is 0 Å². The summed E-state index contributed by atoms with van der Waals surface area (Å²) in [5.74, 6) is 0.893. The fourth-order valence-corrected chi connectivity index (χ4v) is 3.61. The topological polar surface area (TPSA) is 12.0 Å². The van der Waals surface area contributed by atoms with Gasteiger partial charge in [-0.1, -0.05) is 6.92 Å². The highest BCUT2D eigenvalue weighted by Crippen LogP contribution is 2.24. The molecule has 2 heterocycles. The van der Waals surface area contributed by atoms with E-state index in [4.69, 9.17) is 0 Å². The van der Waals surface area contributed by atoms with Gasteiger partial charge in [0.1, 0.15) is 0 Å². The summed E-state index contributed by atoms with van der Waals surface area (Å²) in [4.78, 5) is 1.49. The zero-order chi connectivity index (χ0) is 9.97. The van der Waals surface area contributed by atoms with Gasteiger partial charge in [0, 0.05) is 20.8 Å². The Hall–Kier alpha value is 0.140. The summed E-state index contributed by atoms with van der Waals surface area (Å²) in [5.41, 5.74) is 0. The lowest BCUT2D eigenvalue weighted by atomic mass is 9.92. The maximum absolute atomic E-state index is 3.60. The smallest absolute Gasteiger partial charge is 0.0285 e. The van der Waals surface area contributed by atoms with Gasteiger partial charge in [-0.15, -0.1) is 11.3 Å². The van der Waals surface area contributed by atoms with Crippen molar-refractivity contribution in [2.24, 2.45) is 5.92 Å². The van der Waals surface area contributed by atoms with Gasteiger partial charge in [-0.25, -0.2) is 0 Å². The number of halogens is 1. The van der Waals surface area contributed by atoms with E-state index in [0.717, 1.165) is 5.92 Å². The normalized spacial score (nSPS) is 27.9. The van der Waals surface area contributed by atoms with Crippen molar-refractivity contribution in [3.8, 4) is 0 Å². The summed E-state index contributed by atoms with van der Waals surface area (Å²) in [5, 5.41) is 5.77. The SMILES string of the molecule is CC1CCNC(Cc2cc(Br)cs2)C1. The lowest BCUT2D eigenvalue weighted by Gasteiger charge is -2.27. The van der Waals surface area contributed by atoms with E-state index in [2.05, 4.69) is 39.6 Å². The van der Waals surface area contributed by atoms with E-state index in [1.165, 1.54) is 35.2 Å². The average molecular weight is 274 g/mol. The Labute approximate surface area is 98.0 Å². The minimum Gasteiger partial charge on any atom is -0.314 e. The standard InChI is InChI=1S/C11H16BrNS/c1-8-2-3-13-10(4-8)6-11-5-9(12)7-14-11/h5,7-8,10,13H,2-4,6H2,1H3. The highest BCUT2D eigenvalue weighted by molar-refractivity contribution is 9.10. The molecule has 1 nitrogen and oxygen atoms in total. The molecular formula is C11H16BrNS. The maximum Gasteiger partial charge on any atom is 0.0285 e. The molecule has 2 rings (SSSR count). The molecule has 0 radical (unpaired) electrons. The van der Waals surface area contributed by atoms with E-state index in [0.29, 0.717) is 6.04 Å². The van der Waals surface area contributed by atoms with Crippen LogP contribution in [-0.2, 0) is 6.42 Å². The summed E-state index contributed by atoms with van der Waals surface area (Å²) in [6.45, 7) is 3.55. The first-order chi connectivity index (χ1) is 6.74. The van der Waals surface area contributed by atoms with Crippen molar-refractivity contribution in [2.75, 3.05) is 6.54 Å². The summed E-state index contributed by atoms with van der Waals surface area (Å²) in [7, 11) is 0. The van der Waals surface area contributed by atoms with Crippen molar-refractivity contribution in [1.82, 2.24) is 5.32 Å². The van der Waals surface area contributed by atoms with Crippen molar-refractivity contribution >= 4 is 27.3 Å². The first kappa shape index (κ1) is 10.7. The van der Waals surface area contributed by atoms with E-state index in [1.807, 2.05) is 11.3 Å². The van der Waals surface area contributed by atoms with Crippen LogP contribution in [0.1, 0.15) is 24.6 Å². The molecule has 1 aliphatic heterocycles. The van der Waals surface area contributed by atoms with Crippen molar-refractivity contribution in [3.63, 3.8) is 0 Å². The molecule has 78 valence electrons. The number of nitrogens with one attached hydrogen (secondary N) is 1. The average Bonchev–Trinajstić information content (AvgIpc) is 2.51. The Balaban J connectivity index is 1.90. The molecule has 1 N–H and O–H groups in total. The third kappa shape index (κ3) is 2.81. The number of piperidine rings is 1.